The predicted octanol–water partition coefficient (Wildman–Crippen LogP) is 3.28. The molecule has 0 saturated carbocycles. The van der Waals surface area contributed by atoms with Gasteiger partial charge >= 0.3 is 8.80 Å². The highest BCUT2D eigenvalue weighted by atomic mass is 28.4. The third-order valence-corrected chi connectivity index (χ3v) is 4.94. The number of hydrogen-bond acceptors (Lipinski definition) is 6. The minimum absolute atomic E-state index is 0.588. The van der Waals surface area contributed by atoms with Crippen LogP contribution in [0.2, 0.25) is 6.04 Å². The Kier molecular flexibility index (Phi) is 9.81. The van der Waals surface area contributed by atoms with Crippen molar-refractivity contribution < 1.29 is 13.6 Å². The van der Waals surface area contributed by atoms with Crippen molar-refractivity contribution in [1.29, 1.82) is 0 Å². The van der Waals surface area contributed by atoms with Gasteiger partial charge in [0.1, 0.15) is 0 Å². The van der Waals surface area contributed by atoms with Crippen LogP contribution in [-0.2, 0) is 13.6 Å². The lowest BCUT2D eigenvalue weighted by Crippen LogP contribution is -2.54. The molecular formula is C14H29N3O3Si. The van der Waals surface area contributed by atoms with E-state index < -0.39 is 8.80 Å². The van der Waals surface area contributed by atoms with Crippen LogP contribution in [0.3, 0.4) is 0 Å². The van der Waals surface area contributed by atoms with E-state index in [1.807, 2.05) is 66.7 Å². The first-order valence-corrected chi connectivity index (χ1v) is 9.07. The van der Waals surface area contributed by atoms with Crippen LogP contribution in [0.4, 0.5) is 0 Å². The summed E-state index contributed by atoms with van der Waals surface area (Å²) in [7, 11) is -2.96. The van der Waals surface area contributed by atoms with Crippen LogP contribution < -0.4 is 16.4 Å². The first-order valence-electron chi connectivity index (χ1n) is 7.13. The molecule has 0 amide bonds. The van der Waals surface area contributed by atoms with Gasteiger partial charge in [0.15, 0.2) is 0 Å². The fraction of sp³-hybridized carbons (Fsp3) is 0.571. The van der Waals surface area contributed by atoms with Crippen LogP contribution in [0.1, 0.15) is 48.5 Å². The summed E-state index contributed by atoms with van der Waals surface area (Å²) in [5, 5.41) is 0. The van der Waals surface area contributed by atoms with Crippen molar-refractivity contribution in [3.63, 3.8) is 0 Å². The number of allylic oxidation sites excluding steroid dienone is 6. The summed E-state index contributed by atoms with van der Waals surface area (Å²) in [6.07, 6.45) is 5.72. The molecule has 0 atom stereocenters. The molecule has 0 aromatic heterocycles. The maximum Gasteiger partial charge on any atom is 0.566 e. The van der Waals surface area contributed by atoms with Crippen LogP contribution in [0.25, 0.3) is 0 Å². The molecule has 0 aromatic carbocycles. The molecule has 7 heteroatoms. The van der Waals surface area contributed by atoms with Gasteiger partial charge in [-0.1, -0.05) is 25.2 Å². The third kappa shape index (κ3) is 7.91. The van der Waals surface area contributed by atoms with Gasteiger partial charge in [0.05, 0.1) is 0 Å². The lowest BCUT2D eigenvalue weighted by molar-refractivity contribution is -0.0155. The van der Waals surface area contributed by atoms with Crippen LogP contribution in [0, 0.1) is 0 Å². The highest BCUT2D eigenvalue weighted by Crippen LogP contribution is 2.13. The van der Waals surface area contributed by atoms with Crippen LogP contribution >= 0.6 is 0 Å². The first kappa shape index (κ1) is 19.7. The maximum absolute atomic E-state index is 5.72. The molecule has 0 aliphatic rings. The van der Waals surface area contributed by atoms with Gasteiger partial charge in [0.2, 0.25) is 0 Å². The summed E-state index contributed by atoms with van der Waals surface area (Å²) < 4.78 is 17.2. The Morgan fingerprint density at radius 1 is 0.762 bits per heavy atom. The van der Waals surface area contributed by atoms with Gasteiger partial charge in [-0.25, -0.2) is 0 Å². The Morgan fingerprint density at radius 3 is 1.24 bits per heavy atom. The normalized spacial score (nSPS) is 14.1. The molecule has 122 valence electrons. The summed E-state index contributed by atoms with van der Waals surface area (Å²) >= 11 is 0. The van der Waals surface area contributed by atoms with Crippen LogP contribution in [-0.4, -0.2) is 8.80 Å². The summed E-state index contributed by atoms with van der Waals surface area (Å²) in [5.41, 5.74) is 11.2. The Hall–Kier alpha value is -1.28. The molecule has 0 bridgehead atoms. The minimum atomic E-state index is -2.96. The zero-order valence-electron chi connectivity index (χ0n) is 14.2. The summed E-state index contributed by atoms with van der Waals surface area (Å²) in [6.45, 7) is 13.4. The number of hydroxylamine groups is 3. The molecule has 0 fully saturated rings. The van der Waals surface area contributed by atoms with E-state index in [2.05, 4.69) is 16.4 Å². The second-order valence-electron chi connectivity index (χ2n) is 4.56. The van der Waals surface area contributed by atoms with E-state index in [1.54, 1.807) is 0 Å². The van der Waals surface area contributed by atoms with Crippen molar-refractivity contribution in [1.82, 2.24) is 16.4 Å². The fourth-order valence-electron chi connectivity index (χ4n) is 0.931. The molecule has 0 aliphatic heterocycles. The summed E-state index contributed by atoms with van der Waals surface area (Å²) in [5.74, 6) is 0. The molecule has 0 saturated heterocycles. The molecule has 0 aromatic rings. The Labute approximate surface area is 129 Å². The minimum Gasteiger partial charge on any atom is -0.278 e. The quantitative estimate of drug-likeness (QED) is 0.425. The highest BCUT2D eigenvalue weighted by Gasteiger charge is 2.43. The van der Waals surface area contributed by atoms with E-state index >= 15 is 0 Å². The largest absolute Gasteiger partial charge is 0.566 e. The maximum atomic E-state index is 5.72. The topological polar surface area (TPSA) is 63.8 Å². The summed E-state index contributed by atoms with van der Waals surface area (Å²) in [6, 6.07) is 0.588. The number of rotatable bonds is 10. The molecular weight excluding hydrogens is 286 g/mol. The molecule has 21 heavy (non-hydrogen) atoms. The van der Waals surface area contributed by atoms with E-state index in [-0.39, 0.29) is 0 Å². The first-order chi connectivity index (χ1) is 9.92. The van der Waals surface area contributed by atoms with Gasteiger partial charge in [-0.15, -0.1) is 0 Å². The van der Waals surface area contributed by atoms with Gasteiger partial charge < -0.3 is 0 Å². The monoisotopic (exact) mass is 315 g/mol. The fourth-order valence-corrected chi connectivity index (χ4v) is 2.44. The lowest BCUT2D eigenvalue weighted by atomic mass is 10.5. The van der Waals surface area contributed by atoms with Crippen molar-refractivity contribution in [3.8, 4) is 0 Å². The van der Waals surface area contributed by atoms with Crippen molar-refractivity contribution in [3.05, 3.63) is 35.3 Å². The van der Waals surface area contributed by atoms with Crippen molar-refractivity contribution in [2.24, 2.45) is 0 Å². The second kappa shape index (κ2) is 10.4. The summed E-state index contributed by atoms with van der Waals surface area (Å²) in [4.78, 5) is 0. The molecule has 0 radical (unpaired) electrons. The molecule has 0 rings (SSSR count). The van der Waals surface area contributed by atoms with E-state index in [0.29, 0.717) is 6.04 Å². The zero-order chi connectivity index (χ0) is 16.3. The number of nitrogens with one attached hydrogen (secondary N) is 3. The molecule has 0 unspecified atom stereocenters. The van der Waals surface area contributed by atoms with Crippen molar-refractivity contribution in [2.45, 2.75) is 54.5 Å². The van der Waals surface area contributed by atoms with Gasteiger partial charge in [0, 0.05) is 23.1 Å². The second-order valence-corrected chi connectivity index (χ2v) is 7.25. The zero-order valence-corrected chi connectivity index (χ0v) is 15.2. The van der Waals surface area contributed by atoms with Gasteiger partial charge in [-0.3, -0.25) is 30.0 Å². The SMILES string of the molecule is C/C=C(/C)NO[Si](CC)(ON/C(C)=C/C)ON/C(C)=C/C. The van der Waals surface area contributed by atoms with Gasteiger partial charge in [-0.2, -0.15) is 0 Å². The van der Waals surface area contributed by atoms with Gasteiger partial charge in [0.25, 0.3) is 0 Å². The third-order valence-electron chi connectivity index (χ3n) is 2.83. The Bertz CT molecular complexity index is 340. The Morgan fingerprint density at radius 2 is 1.05 bits per heavy atom. The number of hydrogen-bond donors (Lipinski definition) is 3. The molecule has 0 spiro atoms. The van der Waals surface area contributed by atoms with E-state index in [4.69, 9.17) is 13.6 Å². The smallest absolute Gasteiger partial charge is 0.278 e. The molecule has 3 N–H and O–H groups in total. The standard InChI is InChI=1S/C14H29N3O3Si/c1-8-12(5)15-18-21(11-4,19-16-13(6)9-2)20-17-14(7)10-3/h8-10,15-17H,11H2,1-7H3/b12-8-,13-9+,14-10+. The van der Waals surface area contributed by atoms with Crippen LogP contribution in [0.15, 0.2) is 35.3 Å². The predicted molar refractivity (Wildman–Crippen MR) is 87.2 cm³/mol. The van der Waals surface area contributed by atoms with Crippen molar-refractivity contribution >= 4 is 8.80 Å². The molecule has 6 nitrogen and oxygen atoms in total. The molecule has 0 heterocycles. The van der Waals surface area contributed by atoms with E-state index in [0.717, 1.165) is 17.1 Å². The molecule has 0 aliphatic carbocycles. The van der Waals surface area contributed by atoms with Crippen LogP contribution in [0.5, 0.6) is 0 Å². The van der Waals surface area contributed by atoms with E-state index in [9.17, 15) is 0 Å². The Balaban J connectivity index is 4.89. The highest BCUT2D eigenvalue weighted by molar-refractivity contribution is 6.60. The van der Waals surface area contributed by atoms with E-state index in [1.165, 1.54) is 0 Å². The van der Waals surface area contributed by atoms with Gasteiger partial charge in [-0.05, 0) is 41.5 Å². The van der Waals surface area contributed by atoms with Crippen molar-refractivity contribution in [2.75, 3.05) is 0 Å². The average molecular weight is 315 g/mol. The lowest BCUT2D eigenvalue weighted by Gasteiger charge is -2.28. The average Bonchev–Trinajstić information content (AvgIpc) is 2.53.